The molecule has 0 radical (unpaired) electrons. The lowest BCUT2D eigenvalue weighted by atomic mass is 10.1. The Morgan fingerprint density at radius 2 is 1.88 bits per heavy atom. The minimum absolute atomic E-state index is 0. The minimum atomic E-state index is -0.557. The number of halogens is 1. The summed E-state index contributed by atoms with van der Waals surface area (Å²) in [7, 11) is 0. The average Bonchev–Trinajstić information content (AvgIpc) is 2.61. The molecule has 3 rings (SSSR count). The molecule has 0 saturated heterocycles. The molecule has 0 saturated carbocycles. The third-order valence-electron chi connectivity index (χ3n) is 3.60. The van der Waals surface area contributed by atoms with E-state index in [-0.39, 0.29) is 19.0 Å². The molecule has 3 aromatic rings. The van der Waals surface area contributed by atoms with Crippen molar-refractivity contribution in [2.24, 2.45) is 0 Å². The van der Waals surface area contributed by atoms with Crippen molar-refractivity contribution in [3.05, 3.63) is 72.6 Å². The summed E-state index contributed by atoms with van der Waals surface area (Å²) in [5, 5.41) is 15.5. The number of ether oxygens (including phenoxy) is 1. The largest absolute Gasteiger partial charge is 1.00 e. The van der Waals surface area contributed by atoms with Crippen molar-refractivity contribution < 1.29 is 22.3 Å². The molecular formula is C19H20ClN2O2-. The first-order valence-corrected chi connectivity index (χ1v) is 7.70. The van der Waals surface area contributed by atoms with Gasteiger partial charge in [0.05, 0.1) is 0 Å². The van der Waals surface area contributed by atoms with E-state index in [2.05, 4.69) is 16.4 Å². The molecule has 0 aliphatic heterocycles. The maximum atomic E-state index is 10.00. The summed E-state index contributed by atoms with van der Waals surface area (Å²) in [5.74, 6) is 0.773. The SMILES string of the molecule is OC(CNCc1cccnc1)COc1ccc2ccccc2c1.[Cl-]. The normalized spacial score (nSPS) is 11.7. The first kappa shape index (κ1) is 18.2. The highest BCUT2D eigenvalue weighted by Gasteiger charge is 2.05. The molecule has 1 atom stereocenters. The van der Waals surface area contributed by atoms with E-state index < -0.39 is 6.10 Å². The number of rotatable bonds is 7. The lowest BCUT2D eigenvalue weighted by molar-refractivity contribution is -0.00000651. The number of aliphatic hydroxyl groups is 1. The molecule has 0 spiro atoms. The summed E-state index contributed by atoms with van der Waals surface area (Å²) in [6.45, 7) is 1.42. The quantitative estimate of drug-likeness (QED) is 0.622. The minimum Gasteiger partial charge on any atom is -1.00 e. The van der Waals surface area contributed by atoms with Gasteiger partial charge in [-0.05, 0) is 34.5 Å². The van der Waals surface area contributed by atoms with Gasteiger partial charge in [0.25, 0.3) is 0 Å². The van der Waals surface area contributed by atoms with Crippen LogP contribution in [0.2, 0.25) is 0 Å². The summed E-state index contributed by atoms with van der Waals surface area (Å²) in [6.07, 6.45) is 3.00. The number of hydrogen-bond donors (Lipinski definition) is 2. The van der Waals surface area contributed by atoms with Gasteiger partial charge >= 0.3 is 0 Å². The lowest BCUT2D eigenvalue weighted by Gasteiger charge is -2.13. The highest BCUT2D eigenvalue weighted by molar-refractivity contribution is 5.83. The monoisotopic (exact) mass is 343 g/mol. The van der Waals surface area contributed by atoms with Gasteiger partial charge in [0.1, 0.15) is 18.5 Å². The Hall–Kier alpha value is -2.14. The molecule has 0 aliphatic rings. The fourth-order valence-electron chi connectivity index (χ4n) is 2.39. The van der Waals surface area contributed by atoms with Gasteiger partial charge in [0, 0.05) is 25.5 Å². The van der Waals surface area contributed by atoms with Gasteiger partial charge in [-0.2, -0.15) is 0 Å². The number of fused-ring (bicyclic) bond motifs is 1. The number of benzene rings is 2. The summed E-state index contributed by atoms with van der Waals surface area (Å²) in [6, 6.07) is 18.0. The van der Waals surface area contributed by atoms with Crippen LogP contribution < -0.4 is 22.5 Å². The lowest BCUT2D eigenvalue weighted by Crippen LogP contribution is -3.00. The number of nitrogens with one attached hydrogen (secondary N) is 1. The van der Waals surface area contributed by atoms with E-state index in [9.17, 15) is 5.11 Å². The van der Waals surface area contributed by atoms with Gasteiger partial charge in [-0.15, -0.1) is 0 Å². The van der Waals surface area contributed by atoms with Gasteiger partial charge in [-0.3, -0.25) is 4.98 Å². The molecule has 1 aromatic heterocycles. The summed E-state index contributed by atoms with van der Waals surface area (Å²) < 4.78 is 5.68. The smallest absolute Gasteiger partial charge is 0.120 e. The maximum absolute atomic E-state index is 10.00. The van der Waals surface area contributed by atoms with Crippen molar-refractivity contribution in [2.75, 3.05) is 13.2 Å². The molecule has 0 aliphatic carbocycles. The van der Waals surface area contributed by atoms with Crippen LogP contribution in [0.4, 0.5) is 0 Å². The fraction of sp³-hybridized carbons (Fsp3) is 0.211. The molecule has 126 valence electrons. The van der Waals surface area contributed by atoms with Crippen LogP contribution in [0.3, 0.4) is 0 Å². The fourth-order valence-corrected chi connectivity index (χ4v) is 2.39. The van der Waals surface area contributed by atoms with Gasteiger partial charge in [-0.25, -0.2) is 0 Å². The number of nitrogens with zero attached hydrogens (tertiary/aromatic N) is 1. The van der Waals surface area contributed by atoms with Crippen LogP contribution in [-0.2, 0) is 6.54 Å². The summed E-state index contributed by atoms with van der Waals surface area (Å²) in [4.78, 5) is 4.06. The van der Waals surface area contributed by atoms with E-state index in [1.807, 2.05) is 54.7 Å². The van der Waals surface area contributed by atoms with Crippen molar-refractivity contribution in [1.82, 2.24) is 10.3 Å². The first-order chi connectivity index (χ1) is 11.3. The van der Waals surface area contributed by atoms with E-state index in [4.69, 9.17) is 4.74 Å². The van der Waals surface area contributed by atoms with Crippen molar-refractivity contribution >= 4 is 10.8 Å². The first-order valence-electron chi connectivity index (χ1n) is 7.70. The van der Waals surface area contributed by atoms with Crippen molar-refractivity contribution in [2.45, 2.75) is 12.6 Å². The molecule has 2 aromatic carbocycles. The Morgan fingerprint density at radius 1 is 1.04 bits per heavy atom. The zero-order valence-corrected chi connectivity index (χ0v) is 14.0. The molecule has 1 heterocycles. The van der Waals surface area contributed by atoms with Crippen LogP contribution >= 0.6 is 0 Å². The zero-order valence-electron chi connectivity index (χ0n) is 13.2. The second-order valence-electron chi connectivity index (χ2n) is 5.47. The molecule has 0 fully saturated rings. The summed E-state index contributed by atoms with van der Waals surface area (Å²) >= 11 is 0. The zero-order chi connectivity index (χ0) is 15.9. The molecule has 5 heteroatoms. The molecule has 1 unspecified atom stereocenters. The molecule has 2 N–H and O–H groups in total. The topological polar surface area (TPSA) is 54.4 Å². The Bertz CT molecular complexity index is 752. The summed E-state index contributed by atoms with van der Waals surface area (Å²) in [5.41, 5.74) is 1.09. The maximum Gasteiger partial charge on any atom is 0.120 e. The van der Waals surface area contributed by atoms with Gasteiger partial charge in [-0.1, -0.05) is 36.4 Å². The Balaban J connectivity index is 0.00000208. The predicted octanol–water partition coefficient (Wildman–Crippen LogP) is -0.232. The van der Waals surface area contributed by atoms with E-state index in [0.717, 1.165) is 16.7 Å². The molecular weight excluding hydrogens is 324 g/mol. The average molecular weight is 344 g/mol. The van der Waals surface area contributed by atoms with Crippen LogP contribution in [0, 0.1) is 0 Å². The van der Waals surface area contributed by atoms with Gasteiger partial charge in [0.2, 0.25) is 0 Å². The van der Waals surface area contributed by atoms with E-state index in [0.29, 0.717) is 13.1 Å². The van der Waals surface area contributed by atoms with Crippen molar-refractivity contribution in [1.29, 1.82) is 0 Å². The number of aliphatic hydroxyl groups excluding tert-OH is 1. The number of aromatic nitrogens is 1. The van der Waals surface area contributed by atoms with Crippen LogP contribution in [-0.4, -0.2) is 29.3 Å². The van der Waals surface area contributed by atoms with Crippen LogP contribution in [0.25, 0.3) is 10.8 Å². The number of hydrogen-bond acceptors (Lipinski definition) is 4. The Kier molecular flexibility index (Phi) is 7.00. The second-order valence-corrected chi connectivity index (χ2v) is 5.47. The molecule has 24 heavy (non-hydrogen) atoms. The third-order valence-corrected chi connectivity index (χ3v) is 3.60. The van der Waals surface area contributed by atoms with Crippen molar-refractivity contribution in [3.8, 4) is 5.75 Å². The van der Waals surface area contributed by atoms with E-state index in [1.54, 1.807) is 6.20 Å². The second kappa shape index (κ2) is 9.23. The van der Waals surface area contributed by atoms with E-state index >= 15 is 0 Å². The van der Waals surface area contributed by atoms with Crippen LogP contribution in [0.5, 0.6) is 5.75 Å². The highest BCUT2D eigenvalue weighted by Crippen LogP contribution is 2.20. The molecule has 4 nitrogen and oxygen atoms in total. The van der Waals surface area contributed by atoms with Crippen molar-refractivity contribution in [3.63, 3.8) is 0 Å². The Morgan fingerprint density at radius 3 is 2.67 bits per heavy atom. The van der Waals surface area contributed by atoms with Crippen LogP contribution in [0.15, 0.2) is 67.0 Å². The standard InChI is InChI=1S/C19H20N2O2.ClH/c22-18(13-21-12-15-4-3-9-20-11-15)14-23-19-8-7-16-5-1-2-6-17(16)10-19;/h1-11,18,21-22H,12-14H2;1H/p-1. The third kappa shape index (κ3) is 5.20. The molecule has 0 amide bonds. The van der Waals surface area contributed by atoms with E-state index in [1.165, 1.54) is 5.39 Å². The predicted molar refractivity (Wildman–Crippen MR) is 91.4 cm³/mol. The molecule has 0 bridgehead atoms. The Labute approximate surface area is 147 Å². The van der Waals surface area contributed by atoms with Crippen LogP contribution in [0.1, 0.15) is 5.56 Å². The highest BCUT2D eigenvalue weighted by atomic mass is 35.5. The van der Waals surface area contributed by atoms with Gasteiger partial charge < -0.3 is 27.6 Å². The number of pyridine rings is 1. The van der Waals surface area contributed by atoms with Gasteiger partial charge in [0.15, 0.2) is 0 Å².